The number of benzene rings is 1. The van der Waals surface area contributed by atoms with E-state index >= 15 is 0 Å². The van der Waals surface area contributed by atoms with Crippen LogP contribution < -0.4 is 4.90 Å². The summed E-state index contributed by atoms with van der Waals surface area (Å²) < 4.78 is 5.24. The molecular weight excluding hydrogens is 276 g/mol. The number of hydrogen-bond donors (Lipinski definition) is 0. The predicted octanol–water partition coefficient (Wildman–Crippen LogP) is 1.89. The zero-order valence-electron chi connectivity index (χ0n) is 10.8. The second-order valence-corrected chi connectivity index (χ2v) is 5.34. The van der Waals surface area contributed by atoms with Gasteiger partial charge in [-0.15, -0.1) is 11.3 Å². The van der Waals surface area contributed by atoms with Crippen molar-refractivity contribution in [1.82, 2.24) is 4.98 Å². The molecule has 2 aromatic rings. The first kappa shape index (κ1) is 12.8. The third-order valence-corrected chi connectivity index (χ3v) is 4.05. The maximum Gasteiger partial charge on any atom is 0.339 e. The van der Waals surface area contributed by atoms with Gasteiger partial charge in [-0.1, -0.05) is 18.2 Å². The Morgan fingerprint density at radius 3 is 3.00 bits per heavy atom. The summed E-state index contributed by atoms with van der Waals surface area (Å²) in [5.74, 6) is -0.708. The Bertz CT molecular complexity index is 654. The summed E-state index contributed by atoms with van der Waals surface area (Å²) in [6.07, 6.45) is 1.24. The van der Waals surface area contributed by atoms with Crippen LogP contribution in [0.4, 0.5) is 5.13 Å². The molecule has 1 aromatic heterocycles. The average molecular weight is 288 g/mol. The van der Waals surface area contributed by atoms with Crippen molar-refractivity contribution >= 4 is 28.3 Å². The molecule has 5 nitrogen and oxygen atoms in total. The van der Waals surface area contributed by atoms with Crippen molar-refractivity contribution in [2.45, 2.75) is 12.5 Å². The Kier molecular flexibility index (Phi) is 3.23. The monoisotopic (exact) mass is 288 g/mol. The fraction of sp³-hybridized carbons (Fsp3) is 0.214. The van der Waals surface area contributed by atoms with Crippen molar-refractivity contribution in [3.63, 3.8) is 0 Å². The lowest BCUT2D eigenvalue weighted by atomic mass is 9.98. The number of cyclic esters (lactones) is 1. The Balaban J connectivity index is 1.83. The molecule has 0 saturated heterocycles. The fourth-order valence-electron chi connectivity index (χ4n) is 2.16. The van der Waals surface area contributed by atoms with Crippen LogP contribution in [0.2, 0.25) is 0 Å². The number of likely N-dealkylation sites (N-methyl/N-ethyl adjacent to an activating group) is 1. The van der Waals surface area contributed by atoms with Crippen LogP contribution in [-0.4, -0.2) is 30.0 Å². The molecule has 2 heterocycles. The molecular formula is C14H12N2O3S. The van der Waals surface area contributed by atoms with Gasteiger partial charge >= 0.3 is 5.97 Å². The number of esters is 1. The van der Waals surface area contributed by atoms with Gasteiger partial charge in [-0.05, 0) is 11.6 Å². The third-order valence-electron chi connectivity index (χ3n) is 3.20. The third kappa shape index (κ3) is 2.18. The summed E-state index contributed by atoms with van der Waals surface area (Å²) in [6.45, 7) is 0. The lowest BCUT2D eigenvalue weighted by molar-refractivity contribution is -0.127. The summed E-state index contributed by atoms with van der Waals surface area (Å²) in [4.78, 5) is 29.8. The van der Waals surface area contributed by atoms with E-state index in [1.54, 1.807) is 30.8 Å². The highest BCUT2D eigenvalue weighted by molar-refractivity contribution is 7.13. The summed E-state index contributed by atoms with van der Waals surface area (Å²) in [5.41, 5.74) is 1.38. The Labute approximate surface area is 119 Å². The van der Waals surface area contributed by atoms with E-state index in [1.807, 2.05) is 12.1 Å². The van der Waals surface area contributed by atoms with Gasteiger partial charge < -0.3 is 4.74 Å². The molecule has 0 aliphatic carbocycles. The minimum absolute atomic E-state index is 0.261. The molecule has 0 radical (unpaired) electrons. The zero-order valence-corrected chi connectivity index (χ0v) is 11.6. The number of nitrogens with zero attached hydrogens (tertiary/aromatic N) is 2. The molecule has 1 atom stereocenters. The number of thiazole rings is 1. The first-order valence-corrected chi connectivity index (χ1v) is 7.00. The number of rotatable bonds is 2. The van der Waals surface area contributed by atoms with E-state index in [-0.39, 0.29) is 5.91 Å². The van der Waals surface area contributed by atoms with E-state index < -0.39 is 12.1 Å². The normalized spacial score (nSPS) is 17.2. The van der Waals surface area contributed by atoms with Crippen LogP contribution in [0.1, 0.15) is 15.9 Å². The Morgan fingerprint density at radius 1 is 1.45 bits per heavy atom. The number of carbonyl (C=O) groups excluding carboxylic acids is 2. The van der Waals surface area contributed by atoms with Crippen molar-refractivity contribution < 1.29 is 14.3 Å². The van der Waals surface area contributed by atoms with Gasteiger partial charge in [0.05, 0.1) is 5.56 Å². The molecule has 1 amide bonds. The standard InChI is InChI=1S/C14H12N2O3S/c1-16(14-15-6-7-20-14)12(17)11-8-9-4-2-3-5-10(9)13(18)19-11/h2-7,11H,8H2,1H3/t11-/m1/s1. The van der Waals surface area contributed by atoms with E-state index in [9.17, 15) is 9.59 Å². The van der Waals surface area contributed by atoms with Crippen LogP contribution in [0.15, 0.2) is 35.8 Å². The number of aromatic nitrogens is 1. The SMILES string of the molecule is CN(C(=O)[C@H]1Cc2ccccc2C(=O)O1)c1nccs1. The summed E-state index contributed by atoms with van der Waals surface area (Å²) in [7, 11) is 1.63. The van der Waals surface area contributed by atoms with Gasteiger partial charge in [0.1, 0.15) is 0 Å². The molecule has 1 aliphatic rings. The molecule has 0 N–H and O–H groups in total. The molecule has 6 heteroatoms. The smallest absolute Gasteiger partial charge is 0.339 e. The maximum absolute atomic E-state index is 12.4. The maximum atomic E-state index is 12.4. The van der Waals surface area contributed by atoms with Crippen LogP contribution >= 0.6 is 11.3 Å². The van der Waals surface area contributed by atoms with Gasteiger partial charge in [0.25, 0.3) is 5.91 Å². The van der Waals surface area contributed by atoms with E-state index in [2.05, 4.69) is 4.98 Å². The topological polar surface area (TPSA) is 59.5 Å². The Hall–Kier alpha value is -2.21. The molecule has 0 bridgehead atoms. The van der Waals surface area contributed by atoms with Crippen molar-refractivity contribution in [3.05, 3.63) is 47.0 Å². The highest BCUT2D eigenvalue weighted by Gasteiger charge is 2.33. The number of fused-ring (bicyclic) bond motifs is 1. The zero-order chi connectivity index (χ0) is 14.1. The van der Waals surface area contributed by atoms with Crippen molar-refractivity contribution in [3.8, 4) is 0 Å². The van der Waals surface area contributed by atoms with Gasteiger partial charge in [-0.3, -0.25) is 9.69 Å². The van der Waals surface area contributed by atoms with Gasteiger partial charge in [0, 0.05) is 25.0 Å². The molecule has 0 saturated carbocycles. The molecule has 1 aromatic carbocycles. The van der Waals surface area contributed by atoms with Gasteiger partial charge in [-0.25, -0.2) is 9.78 Å². The number of anilines is 1. The van der Waals surface area contributed by atoms with Crippen LogP contribution in [0.5, 0.6) is 0 Å². The fourth-order valence-corrected chi connectivity index (χ4v) is 2.77. The lowest BCUT2D eigenvalue weighted by Crippen LogP contribution is -2.42. The van der Waals surface area contributed by atoms with E-state index in [0.717, 1.165) is 5.56 Å². The molecule has 0 fully saturated rings. The van der Waals surface area contributed by atoms with Crippen LogP contribution in [-0.2, 0) is 16.0 Å². The Morgan fingerprint density at radius 2 is 2.25 bits per heavy atom. The second kappa shape index (κ2) is 5.05. The molecule has 0 spiro atoms. The number of carbonyl (C=O) groups is 2. The van der Waals surface area contributed by atoms with Gasteiger partial charge in [-0.2, -0.15) is 0 Å². The van der Waals surface area contributed by atoms with E-state index in [1.165, 1.54) is 16.2 Å². The minimum Gasteiger partial charge on any atom is -0.448 e. The largest absolute Gasteiger partial charge is 0.448 e. The summed E-state index contributed by atoms with van der Waals surface area (Å²) >= 11 is 1.36. The van der Waals surface area contributed by atoms with Crippen molar-refractivity contribution in [2.75, 3.05) is 11.9 Å². The highest BCUT2D eigenvalue weighted by atomic mass is 32.1. The first-order valence-electron chi connectivity index (χ1n) is 6.13. The van der Waals surface area contributed by atoms with E-state index in [0.29, 0.717) is 17.1 Å². The molecule has 0 unspecified atom stereocenters. The van der Waals surface area contributed by atoms with Crippen LogP contribution in [0.25, 0.3) is 0 Å². The van der Waals surface area contributed by atoms with E-state index in [4.69, 9.17) is 4.74 Å². The van der Waals surface area contributed by atoms with Crippen molar-refractivity contribution in [1.29, 1.82) is 0 Å². The van der Waals surface area contributed by atoms with Crippen LogP contribution in [0.3, 0.4) is 0 Å². The number of ether oxygens (including phenoxy) is 1. The van der Waals surface area contributed by atoms with Crippen molar-refractivity contribution in [2.24, 2.45) is 0 Å². The molecule has 102 valence electrons. The summed E-state index contributed by atoms with van der Waals surface area (Å²) in [6, 6.07) is 7.19. The number of amides is 1. The molecule has 1 aliphatic heterocycles. The second-order valence-electron chi connectivity index (χ2n) is 4.47. The number of hydrogen-bond acceptors (Lipinski definition) is 5. The minimum atomic E-state index is -0.786. The molecule has 20 heavy (non-hydrogen) atoms. The average Bonchev–Trinajstić information content (AvgIpc) is 3.00. The predicted molar refractivity (Wildman–Crippen MR) is 74.9 cm³/mol. The molecule has 3 rings (SSSR count). The lowest BCUT2D eigenvalue weighted by Gasteiger charge is -2.26. The first-order chi connectivity index (χ1) is 9.66. The van der Waals surface area contributed by atoms with Crippen LogP contribution in [0, 0.1) is 0 Å². The summed E-state index contributed by atoms with van der Waals surface area (Å²) in [5, 5.41) is 2.38. The van der Waals surface area contributed by atoms with Gasteiger partial charge in [0.15, 0.2) is 11.2 Å². The quantitative estimate of drug-likeness (QED) is 0.792. The highest BCUT2D eigenvalue weighted by Crippen LogP contribution is 2.23. The van der Waals surface area contributed by atoms with Gasteiger partial charge in [0.2, 0.25) is 0 Å².